The molecule has 3 rings (SSSR count). The second-order valence-electron chi connectivity index (χ2n) is 7.89. The van der Waals surface area contributed by atoms with E-state index < -0.39 is 106 Å². The Balaban J connectivity index is 1.79. The van der Waals surface area contributed by atoms with E-state index >= 15 is 0 Å². The molecular formula is C17H30O15. The van der Waals surface area contributed by atoms with Crippen molar-refractivity contribution in [1.29, 1.82) is 0 Å². The molecule has 3 heterocycles. The molecule has 3 fully saturated rings. The zero-order valence-corrected chi connectivity index (χ0v) is 16.7. The third kappa shape index (κ3) is 5.07. The van der Waals surface area contributed by atoms with Crippen molar-refractivity contribution in [2.24, 2.45) is 0 Å². The van der Waals surface area contributed by atoms with Crippen LogP contribution >= 0.6 is 0 Å². The van der Waals surface area contributed by atoms with Crippen LogP contribution in [-0.4, -0.2) is 157 Å². The highest BCUT2D eigenvalue weighted by Crippen LogP contribution is 2.31. The highest BCUT2D eigenvalue weighted by atomic mass is 16.8. The summed E-state index contributed by atoms with van der Waals surface area (Å²) in [5.41, 5.74) is 0. The Morgan fingerprint density at radius 1 is 0.594 bits per heavy atom. The first-order chi connectivity index (χ1) is 15.1. The molecule has 3 aliphatic heterocycles. The number of ether oxygens (including phenoxy) is 5. The van der Waals surface area contributed by atoms with Crippen LogP contribution in [0.5, 0.6) is 0 Å². The minimum Gasteiger partial charge on any atom is -0.394 e. The first-order valence-corrected chi connectivity index (χ1v) is 10.00. The second-order valence-corrected chi connectivity index (χ2v) is 7.89. The van der Waals surface area contributed by atoms with E-state index in [1.165, 1.54) is 0 Å². The van der Waals surface area contributed by atoms with Gasteiger partial charge in [-0.15, -0.1) is 0 Å². The monoisotopic (exact) mass is 474 g/mol. The predicted octanol–water partition coefficient (Wildman–Crippen LogP) is -6.93. The van der Waals surface area contributed by atoms with Gasteiger partial charge in [0.2, 0.25) is 0 Å². The largest absolute Gasteiger partial charge is 0.394 e. The maximum absolute atomic E-state index is 10.5. The Kier molecular flexibility index (Phi) is 8.75. The van der Waals surface area contributed by atoms with Gasteiger partial charge in [-0.05, 0) is 0 Å². The van der Waals surface area contributed by atoms with Gasteiger partial charge in [0.25, 0.3) is 0 Å². The van der Waals surface area contributed by atoms with Gasteiger partial charge in [0.05, 0.1) is 19.8 Å². The zero-order valence-electron chi connectivity index (χ0n) is 16.7. The van der Waals surface area contributed by atoms with Crippen LogP contribution in [0.2, 0.25) is 0 Å². The Hall–Kier alpha value is -0.600. The molecule has 0 bridgehead atoms. The molecule has 0 aromatic carbocycles. The molecule has 10 N–H and O–H groups in total. The van der Waals surface area contributed by atoms with E-state index in [-0.39, 0.29) is 0 Å². The van der Waals surface area contributed by atoms with Crippen LogP contribution < -0.4 is 0 Å². The van der Waals surface area contributed by atoms with Crippen molar-refractivity contribution in [2.45, 2.75) is 86.0 Å². The summed E-state index contributed by atoms with van der Waals surface area (Å²) in [6, 6.07) is 0. The SMILES string of the molecule is OC[C@H]1O[C@H](O[C@H]2C(O)O[C@H](CO)[C@@H](O)[C@@H]2O)[C@@H](O[C@@H]2OC[C@@H](O)[C@@H](O)[C@@H]2O)[C@@H](O)[C@@H]1O. The molecule has 188 valence electrons. The maximum atomic E-state index is 10.5. The zero-order chi connectivity index (χ0) is 23.7. The molecule has 0 saturated carbocycles. The third-order valence-corrected chi connectivity index (χ3v) is 5.70. The van der Waals surface area contributed by atoms with Gasteiger partial charge in [-0.3, -0.25) is 0 Å². The van der Waals surface area contributed by atoms with Crippen LogP contribution in [0.4, 0.5) is 0 Å². The highest BCUT2D eigenvalue weighted by molar-refractivity contribution is 4.95. The van der Waals surface area contributed by atoms with Crippen molar-refractivity contribution in [3.63, 3.8) is 0 Å². The van der Waals surface area contributed by atoms with Crippen molar-refractivity contribution in [2.75, 3.05) is 19.8 Å². The van der Waals surface area contributed by atoms with E-state index in [1.54, 1.807) is 0 Å². The van der Waals surface area contributed by atoms with Gasteiger partial charge in [0.15, 0.2) is 18.9 Å². The lowest BCUT2D eigenvalue weighted by atomic mass is 9.97. The molecule has 32 heavy (non-hydrogen) atoms. The minimum atomic E-state index is -1.86. The van der Waals surface area contributed by atoms with Gasteiger partial charge < -0.3 is 74.7 Å². The van der Waals surface area contributed by atoms with E-state index in [0.29, 0.717) is 0 Å². The molecule has 3 saturated heterocycles. The molecule has 1 unspecified atom stereocenters. The van der Waals surface area contributed by atoms with Gasteiger partial charge in [-0.2, -0.15) is 0 Å². The molecule has 3 aliphatic rings. The van der Waals surface area contributed by atoms with Crippen LogP contribution in [0.3, 0.4) is 0 Å². The van der Waals surface area contributed by atoms with E-state index in [4.69, 9.17) is 28.8 Å². The number of aliphatic hydroxyl groups excluding tert-OH is 10. The Morgan fingerprint density at radius 2 is 1.12 bits per heavy atom. The summed E-state index contributed by atoms with van der Waals surface area (Å²) in [5.74, 6) is 0. The van der Waals surface area contributed by atoms with E-state index in [0.717, 1.165) is 0 Å². The summed E-state index contributed by atoms with van der Waals surface area (Å²) < 4.78 is 26.4. The fourth-order valence-corrected chi connectivity index (χ4v) is 3.74. The second kappa shape index (κ2) is 10.8. The average Bonchev–Trinajstić information content (AvgIpc) is 2.78. The maximum Gasteiger partial charge on any atom is 0.187 e. The summed E-state index contributed by atoms with van der Waals surface area (Å²) >= 11 is 0. The normalized spacial score (nSPS) is 52.7. The van der Waals surface area contributed by atoms with Gasteiger partial charge in [-0.25, -0.2) is 0 Å². The number of aliphatic hydroxyl groups is 10. The van der Waals surface area contributed by atoms with Crippen molar-refractivity contribution >= 4 is 0 Å². The topological polar surface area (TPSA) is 248 Å². The predicted molar refractivity (Wildman–Crippen MR) is 95.2 cm³/mol. The highest BCUT2D eigenvalue weighted by Gasteiger charge is 2.52. The lowest BCUT2D eigenvalue weighted by Gasteiger charge is -2.47. The van der Waals surface area contributed by atoms with Crippen LogP contribution in [-0.2, 0) is 23.7 Å². The lowest BCUT2D eigenvalue weighted by Crippen LogP contribution is -2.66. The van der Waals surface area contributed by atoms with Crippen LogP contribution in [0.15, 0.2) is 0 Å². The Labute approximate surface area is 181 Å². The van der Waals surface area contributed by atoms with Crippen LogP contribution in [0, 0.1) is 0 Å². The van der Waals surface area contributed by atoms with E-state index in [2.05, 4.69) is 0 Å². The lowest BCUT2D eigenvalue weighted by molar-refractivity contribution is -0.385. The third-order valence-electron chi connectivity index (χ3n) is 5.70. The first kappa shape index (κ1) is 26.0. The smallest absolute Gasteiger partial charge is 0.187 e. The molecule has 0 amide bonds. The quantitative estimate of drug-likeness (QED) is 0.172. The molecular weight excluding hydrogens is 444 g/mol. The standard InChI is InChI=1S/C17H30O15/c18-1-5-8(22)10(24)13(15(27)29-5)31-17-14(11(25)9(23)6(2-19)30-17)32-16-12(26)7(21)4(20)3-28-16/h4-27H,1-3H2/t4-,5-,6-,7-,8-,9-,10+,11+,12+,13-,14+,15?,16+,17-/m1/s1. The van der Waals surface area contributed by atoms with Crippen LogP contribution in [0.25, 0.3) is 0 Å². The summed E-state index contributed by atoms with van der Waals surface area (Å²) in [6.07, 6.45) is -23.0. The average molecular weight is 474 g/mol. The first-order valence-electron chi connectivity index (χ1n) is 10.00. The molecule has 14 atom stereocenters. The van der Waals surface area contributed by atoms with Crippen molar-refractivity contribution < 1.29 is 74.7 Å². The fraction of sp³-hybridized carbons (Fsp3) is 1.00. The minimum absolute atomic E-state index is 0.428. The van der Waals surface area contributed by atoms with Gasteiger partial charge in [0.1, 0.15) is 67.1 Å². The summed E-state index contributed by atoms with van der Waals surface area (Å²) in [4.78, 5) is 0. The summed E-state index contributed by atoms with van der Waals surface area (Å²) in [5, 5.41) is 99.2. The Bertz CT molecular complexity index is 596. The number of hydrogen-bond donors (Lipinski definition) is 10. The van der Waals surface area contributed by atoms with Crippen molar-refractivity contribution in [3.05, 3.63) is 0 Å². The Morgan fingerprint density at radius 3 is 1.72 bits per heavy atom. The molecule has 15 nitrogen and oxygen atoms in total. The molecule has 0 aliphatic carbocycles. The number of rotatable bonds is 6. The van der Waals surface area contributed by atoms with Gasteiger partial charge in [0, 0.05) is 0 Å². The van der Waals surface area contributed by atoms with Gasteiger partial charge >= 0.3 is 0 Å². The molecule has 0 spiro atoms. The van der Waals surface area contributed by atoms with Crippen LogP contribution in [0.1, 0.15) is 0 Å². The molecule has 15 heteroatoms. The number of hydrogen-bond acceptors (Lipinski definition) is 15. The van der Waals surface area contributed by atoms with Gasteiger partial charge in [-0.1, -0.05) is 0 Å². The fourth-order valence-electron chi connectivity index (χ4n) is 3.74. The summed E-state index contributed by atoms with van der Waals surface area (Å²) in [6.45, 7) is -1.90. The summed E-state index contributed by atoms with van der Waals surface area (Å²) in [7, 11) is 0. The van der Waals surface area contributed by atoms with E-state index in [9.17, 15) is 46.0 Å². The van der Waals surface area contributed by atoms with Crippen molar-refractivity contribution in [3.8, 4) is 0 Å². The van der Waals surface area contributed by atoms with Crippen molar-refractivity contribution in [1.82, 2.24) is 0 Å². The molecule has 0 aromatic rings. The molecule has 0 radical (unpaired) electrons. The van der Waals surface area contributed by atoms with E-state index in [1.807, 2.05) is 0 Å². The molecule has 0 aromatic heterocycles.